The predicted molar refractivity (Wildman–Crippen MR) is 68.1 cm³/mol. The Hall–Kier alpha value is -2.67. The lowest BCUT2D eigenvalue weighted by Crippen LogP contribution is -2.35. The summed E-state index contributed by atoms with van der Waals surface area (Å²) in [5.74, 6) is 4.05. The standard InChI is InChI=1S/C12H13N5O2/c1-7-4-2-3-5-8(7)16-11(18)9-10(12(19)17-13)15-6-14-9/h2-6H,13H2,1H3,(H,14,15)(H,16,18)(H,17,19)/p+1. The third-order valence-electron chi connectivity index (χ3n) is 2.66. The first-order valence-corrected chi connectivity index (χ1v) is 5.60. The summed E-state index contributed by atoms with van der Waals surface area (Å²) < 4.78 is 0. The van der Waals surface area contributed by atoms with Crippen LogP contribution in [-0.2, 0) is 0 Å². The van der Waals surface area contributed by atoms with Gasteiger partial charge in [0.05, 0.1) is 0 Å². The number of carbonyl (C=O) groups excluding carboxylic acids is 2. The van der Waals surface area contributed by atoms with E-state index in [0.717, 1.165) is 5.56 Å². The number of nitrogens with two attached hydrogens (primary N) is 1. The van der Waals surface area contributed by atoms with Crippen molar-refractivity contribution in [3.8, 4) is 0 Å². The molecule has 7 nitrogen and oxygen atoms in total. The molecule has 0 atom stereocenters. The fourth-order valence-corrected chi connectivity index (χ4v) is 1.65. The van der Waals surface area contributed by atoms with Crippen LogP contribution in [0, 0.1) is 6.92 Å². The van der Waals surface area contributed by atoms with Gasteiger partial charge in [0.1, 0.15) is 0 Å². The number of hydrogen-bond donors (Lipinski definition) is 4. The van der Waals surface area contributed by atoms with Crippen molar-refractivity contribution in [3.05, 3.63) is 47.5 Å². The third-order valence-corrected chi connectivity index (χ3v) is 2.66. The second kappa shape index (κ2) is 5.32. The number of hydrazine groups is 1. The number of imidazole rings is 1. The molecule has 7 heteroatoms. The SMILES string of the molecule is Cc1ccccc1NC(=O)c1[nH]c[nH+]c1C(=O)NN. The molecule has 0 spiro atoms. The zero-order valence-electron chi connectivity index (χ0n) is 10.3. The Balaban J connectivity index is 2.24. The van der Waals surface area contributed by atoms with Crippen LogP contribution in [0.25, 0.3) is 0 Å². The van der Waals surface area contributed by atoms with Gasteiger partial charge in [-0.1, -0.05) is 18.2 Å². The average Bonchev–Trinajstić information content (AvgIpc) is 2.90. The minimum Gasteiger partial charge on any atom is -0.318 e. The van der Waals surface area contributed by atoms with Crippen molar-refractivity contribution in [1.29, 1.82) is 0 Å². The van der Waals surface area contributed by atoms with Gasteiger partial charge in [-0.25, -0.2) is 15.8 Å². The second-order valence-electron chi connectivity index (χ2n) is 3.93. The Labute approximate surface area is 109 Å². The van der Waals surface area contributed by atoms with Crippen LogP contribution in [-0.4, -0.2) is 16.8 Å². The highest BCUT2D eigenvalue weighted by Crippen LogP contribution is 2.14. The summed E-state index contributed by atoms with van der Waals surface area (Å²) in [4.78, 5) is 28.8. The molecular formula is C12H14N5O2+. The number of nitrogen functional groups attached to an aromatic ring is 1. The number of carbonyl (C=O) groups is 2. The van der Waals surface area contributed by atoms with E-state index in [4.69, 9.17) is 5.84 Å². The highest BCUT2D eigenvalue weighted by atomic mass is 16.2. The smallest absolute Gasteiger partial charge is 0.309 e. The van der Waals surface area contributed by atoms with E-state index < -0.39 is 11.8 Å². The quantitative estimate of drug-likeness (QED) is 0.353. The van der Waals surface area contributed by atoms with Gasteiger partial charge in [0, 0.05) is 5.69 Å². The molecule has 0 aliphatic rings. The van der Waals surface area contributed by atoms with Gasteiger partial charge in [-0.05, 0) is 18.6 Å². The number of rotatable bonds is 3. The van der Waals surface area contributed by atoms with Gasteiger partial charge in [0.25, 0.3) is 5.91 Å². The third kappa shape index (κ3) is 2.61. The summed E-state index contributed by atoms with van der Waals surface area (Å²) in [5.41, 5.74) is 3.77. The highest BCUT2D eigenvalue weighted by molar-refractivity contribution is 6.09. The van der Waals surface area contributed by atoms with Gasteiger partial charge in [0.2, 0.25) is 17.7 Å². The van der Waals surface area contributed by atoms with Crippen LogP contribution in [0.1, 0.15) is 26.5 Å². The van der Waals surface area contributed by atoms with Crippen LogP contribution in [0.15, 0.2) is 30.6 Å². The van der Waals surface area contributed by atoms with Gasteiger partial charge in [-0.2, -0.15) is 0 Å². The Morgan fingerprint density at radius 2 is 2.00 bits per heavy atom. The number of H-pyrrole nitrogens is 2. The van der Waals surface area contributed by atoms with Crippen LogP contribution < -0.4 is 21.6 Å². The minimum absolute atomic E-state index is 0.0774. The Bertz CT molecular complexity index is 620. The first kappa shape index (κ1) is 12.8. The first-order chi connectivity index (χ1) is 9.13. The molecule has 19 heavy (non-hydrogen) atoms. The van der Waals surface area contributed by atoms with Crippen molar-refractivity contribution in [2.24, 2.45) is 5.84 Å². The molecule has 1 aromatic heterocycles. The summed E-state index contributed by atoms with van der Waals surface area (Å²) in [5, 5.41) is 2.72. The van der Waals surface area contributed by atoms with E-state index in [9.17, 15) is 9.59 Å². The molecule has 2 aromatic rings. The lowest BCUT2D eigenvalue weighted by molar-refractivity contribution is -0.379. The number of para-hydroxylation sites is 1. The van der Waals surface area contributed by atoms with Gasteiger partial charge in [-0.3, -0.25) is 15.0 Å². The molecule has 2 rings (SSSR count). The summed E-state index contributed by atoms with van der Waals surface area (Å²) in [7, 11) is 0. The number of nitrogens with one attached hydrogen (secondary N) is 4. The zero-order chi connectivity index (χ0) is 13.8. The molecule has 0 aliphatic heterocycles. The molecule has 1 heterocycles. The normalized spacial score (nSPS) is 10.0. The van der Waals surface area contributed by atoms with E-state index in [2.05, 4.69) is 15.3 Å². The molecule has 0 saturated heterocycles. The minimum atomic E-state index is -0.573. The van der Waals surface area contributed by atoms with E-state index >= 15 is 0 Å². The van der Waals surface area contributed by atoms with Crippen molar-refractivity contribution >= 4 is 17.5 Å². The lowest BCUT2D eigenvalue weighted by Gasteiger charge is -2.05. The number of hydrogen-bond acceptors (Lipinski definition) is 3. The predicted octanol–water partition coefficient (Wildman–Crippen LogP) is -0.00698. The lowest BCUT2D eigenvalue weighted by atomic mass is 10.2. The molecule has 0 radical (unpaired) electrons. The van der Waals surface area contributed by atoms with Crippen LogP contribution in [0.3, 0.4) is 0 Å². The number of aryl methyl sites for hydroxylation is 1. The van der Waals surface area contributed by atoms with E-state index in [1.54, 1.807) is 6.07 Å². The maximum atomic E-state index is 12.1. The highest BCUT2D eigenvalue weighted by Gasteiger charge is 2.25. The Kier molecular flexibility index (Phi) is 3.58. The van der Waals surface area contributed by atoms with Crippen LogP contribution in [0.4, 0.5) is 5.69 Å². The number of anilines is 1. The van der Waals surface area contributed by atoms with Crippen molar-refractivity contribution in [3.63, 3.8) is 0 Å². The summed E-state index contributed by atoms with van der Waals surface area (Å²) in [6.45, 7) is 1.88. The number of amides is 2. The number of aromatic amines is 2. The summed E-state index contributed by atoms with van der Waals surface area (Å²) in [6, 6.07) is 7.35. The summed E-state index contributed by atoms with van der Waals surface area (Å²) >= 11 is 0. The maximum Gasteiger partial charge on any atom is 0.309 e. The van der Waals surface area contributed by atoms with Crippen molar-refractivity contribution in [2.45, 2.75) is 6.92 Å². The molecule has 98 valence electrons. The van der Waals surface area contributed by atoms with E-state index in [-0.39, 0.29) is 11.4 Å². The molecule has 0 fully saturated rings. The van der Waals surface area contributed by atoms with E-state index in [1.807, 2.05) is 30.5 Å². The molecule has 0 bridgehead atoms. The van der Waals surface area contributed by atoms with Crippen molar-refractivity contribution in [2.75, 3.05) is 5.32 Å². The molecular weight excluding hydrogens is 246 g/mol. The number of aromatic nitrogens is 2. The topological polar surface area (TPSA) is 114 Å². The fraction of sp³-hybridized carbons (Fsp3) is 0.0833. The average molecular weight is 260 g/mol. The second-order valence-corrected chi connectivity index (χ2v) is 3.93. The molecule has 1 aromatic carbocycles. The van der Waals surface area contributed by atoms with Gasteiger partial charge >= 0.3 is 5.91 Å². The Morgan fingerprint density at radius 1 is 1.26 bits per heavy atom. The molecule has 2 amide bonds. The van der Waals surface area contributed by atoms with E-state index in [0.29, 0.717) is 5.69 Å². The van der Waals surface area contributed by atoms with Crippen molar-refractivity contribution < 1.29 is 14.6 Å². The largest absolute Gasteiger partial charge is 0.318 e. The zero-order valence-corrected chi connectivity index (χ0v) is 10.3. The molecule has 6 N–H and O–H groups in total. The van der Waals surface area contributed by atoms with Crippen LogP contribution in [0.5, 0.6) is 0 Å². The monoisotopic (exact) mass is 260 g/mol. The van der Waals surface area contributed by atoms with Gasteiger partial charge < -0.3 is 5.32 Å². The van der Waals surface area contributed by atoms with Crippen LogP contribution in [0.2, 0.25) is 0 Å². The van der Waals surface area contributed by atoms with Gasteiger partial charge in [-0.15, -0.1) is 0 Å². The van der Waals surface area contributed by atoms with Crippen LogP contribution >= 0.6 is 0 Å². The van der Waals surface area contributed by atoms with Gasteiger partial charge in [0.15, 0.2) is 0 Å². The Morgan fingerprint density at radius 3 is 2.68 bits per heavy atom. The maximum absolute atomic E-state index is 12.1. The fourth-order valence-electron chi connectivity index (χ4n) is 1.65. The number of benzene rings is 1. The first-order valence-electron chi connectivity index (χ1n) is 5.60. The molecule has 0 aliphatic carbocycles. The van der Waals surface area contributed by atoms with Crippen molar-refractivity contribution in [1.82, 2.24) is 10.4 Å². The molecule has 0 saturated carbocycles. The molecule has 0 unspecified atom stereocenters. The summed E-state index contributed by atoms with van der Waals surface area (Å²) in [6.07, 6.45) is 1.39. The van der Waals surface area contributed by atoms with E-state index in [1.165, 1.54) is 6.33 Å².